The molecule has 0 aliphatic carbocycles. The van der Waals surface area contributed by atoms with Gasteiger partial charge in [0.25, 0.3) is 5.91 Å². The predicted octanol–water partition coefficient (Wildman–Crippen LogP) is 4.06. The number of nitrogens with zero attached hydrogens (tertiary/aromatic N) is 3. The molecule has 1 aromatic carbocycles. The van der Waals surface area contributed by atoms with Gasteiger partial charge in [-0.1, -0.05) is 30.7 Å². The maximum Gasteiger partial charge on any atom is 0.255 e. The van der Waals surface area contributed by atoms with Crippen LogP contribution in [0.3, 0.4) is 0 Å². The summed E-state index contributed by atoms with van der Waals surface area (Å²) >= 11 is 6.04. The van der Waals surface area contributed by atoms with Crippen molar-refractivity contribution >= 4 is 54.6 Å². The summed E-state index contributed by atoms with van der Waals surface area (Å²) in [7, 11) is -6.98. The van der Waals surface area contributed by atoms with E-state index in [0.717, 1.165) is 18.1 Å². The second-order valence-corrected chi connectivity index (χ2v) is 15.1. The fraction of sp³-hybridized carbons (Fsp3) is 0.379. The number of rotatable bonds is 10. The Hall–Kier alpha value is -3.55. The summed E-state index contributed by atoms with van der Waals surface area (Å²) < 4.78 is 47.8. The third-order valence-corrected chi connectivity index (χ3v) is 9.59. The van der Waals surface area contributed by atoms with Gasteiger partial charge in [-0.25, -0.2) is 26.8 Å². The summed E-state index contributed by atoms with van der Waals surface area (Å²) in [6.45, 7) is 3.04. The van der Waals surface area contributed by atoms with Crippen molar-refractivity contribution in [1.29, 1.82) is 0 Å². The Balaban J connectivity index is 1.41. The minimum atomic E-state index is -3.57. The number of piperidine rings is 1. The molecule has 3 heterocycles. The van der Waals surface area contributed by atoms with Crippen LogP contribution in [0, 0.1) is 5.92 Å². The van der Waals surface area contributed by atoms with E-state index in [2.05, 4.69) is 20.6 Å². The smallest absolute Gasteiger partial charge is 0.255 e. The number of pyridine rings is 2. The molecule has 0 radical (unpaired) electrons. The third kappa shape index (κ3) is 8.52. The SMILES string of the molecule is CCC(NC(=O)CC1CCN(c2ncc(S(C)(=O)=O)cc2NC(=O)c2cccc(Cl)c2)CC1)c1ccc(S(C)(=O)=O)nc1. The van der Waals surface area contributed by atoms with Crippen molar-refractivity contribution in [2.75, 3.05) is 35.8 Å². The van der Waals surface area contributed by atoms with Crippen molar-refractivity contribution in [3.05, 3.63) is 71.0 Å². The number of carbonyl (C=O) groups excluding carboxylic acids is 2. The van der Waals surface area contributed by atoms with Crippen molar-refractivity contribution in [2.24, 2.45) is 5.92 Å². The van der Waals surface area contributed by atoms with Crippen LogP contribution in [0.4, 0.5) is 11.5 Å². The Bertz CT molecular complexity index is 1710. The lowest BCUT2D eigenvalue weighted by molar-refractivity contribution is -0.123. The molecule has 0 saturated carbocycles. The Labute approximate surface area is 256 Å². The van der Waals surface area contributed by atoms with Crippen LogP contribution in [0.1, 0.15) is 54.6 Å². The maximum absolute atomic E-state index is 13.0. The van der Waals surface area contributed by atoms with Crippen LogP contribution in [0.5, 0.6) is 0 Å². The van der Waals surface area contributed by atoms with Gasteiger partial charge < -0.3 is 15.5 Å². The minimum Gasteiger partial charge on any atom is -0.355 e. The van der Waals surface area contributed by atoms with Gasteiger partial charge in [0.15, 0.2) is 30.5 Å². The van der Waals surface area contributed by atoms with Gasteiger partial charge >= 0.3 is 0 Å². The number of nitrogens with one attached hydrogen (secondary N) is 2. The van der Waals surface area contributed by atoms with E-state index < -0.39 is 25.6 Å². The van der Waals surface area contributed by atoms with Gasteiger partial charge in [-0.15, -0.1) is 0 Å². The molecule has 1 fully saturated rings. The minimum absolute atomic E-state index is 0.0168. The monoisotopic (exact) mass is 647 g/mol. The molecule has 2 aromatic heterocycles. The van der Waals surface area contributed by atoms with E-state index in [9.17, 15) is 26.4 Å². The van der Waals surface area contributed by atoms with Gasteiger partial charge in [0.2, 0.25) is 5.91 Å². The number of hydrogen-bond donors (Lipinski definition) is 2. The first-order valence-corrected chi connectivity index (χ1v) is 17.9. The molecular weight excluding hydrogens is 614 g/mol. The molecule has 1 aliphatic rings. The molecule has 43 heavy (non-hydrogen) atoms. The molecule has 3 aromatic rings. The number of benzene rings is 1. The summed E-state index contributed by atoms with van der Waals surface area (Å²) in [5.74, 6) is -0.00181. The normalized spacial score (nSPS) is 15.1. The van der Waals surface area contributed by atoms with Gasteiger partial charge in [-0.3, -0.25) is 9.59 Å². The highest BCUT2D eigenvalue weighted by Gasteiger charge is 2.26. The Kier molecular flexibility index (Phi) is 10.1. The van der Waals surface area contributed by atoms with Crippen molar-refractivity contribution in [3.63, 3.8) is 0 Å². The average molecular weight is 648 g/mol. The number of amides is 2. The zero-order chi connectivity index (χ0) is 31.4. The van der Waals surface area contributed by atoms with Crippen LogP contribution in [-0.2, 0) is 24.5 Å². The summed E-state index contributed by atoms with van der Waals surface area (Å²) in [4.78, 5) is 36.3. The van der Waals surface area contributed by atoms with E-state index in [-0.39, 0.29) is 33.5 Å². The lowest BCUT2D eigenvalue weighted by atomic mass is 9.92. The second-order valence-electron chi connectivity index (χ2n) is 10.6. The summed E-state index contributed by atoms with van der Waals surface area (Å²) in [6, 6.07) is 10.6. The zero-order valence-electron chi connectivity index (χ0n) is 24.1. The third-order valence-electron chi connectivity index (χ3n) is 7.28. The number of halogens is 1. The highest BCUT2D eigenvalue weighted by molar-refractivity contribution is 7.91. The fourth-order valence-electron chi connectivity index (χ4n) is 4.91. The first-order chi connectivity index (χ1) is 20.2. The molecule has 2 N–H and O–H groups in total. The molecule has 1 unspecified atom stereocenters. The largest absolute Gasteiger partial charge is 0.355 e. The van der Waals surface area contributed by atoms with Crippen LogP contribution in [0.2, 0.25) is 5.02 Å². The number of carbonyl (C=O) groups is 2. The standard InChI is InChI=1S/C29H34ClN5O6S2/c1-4-24(21-8-9-27(31-17-21)43(3,40)41)33-26(36)14-19-10-12-35(13-11-19)28-25(16-23(18-32-28)42(2,38)39)34-29(37)20-6-5-7-22(30)15-20/h5-9,15-19,24H,4,10-14H2,1-3H3,(H,33,36)(H,34,37). The summed E-state index contributed by atoms with van der Waals surface area (Å²) in [5, 5.41) is 6.21. The Morgan fingerprint density at radius 3 is 2.30 bits per heavy atom. The van der Waals surface area contributed by atoms with Crippen LogP contribution in [-0.4, -0.2) is 64.2 Å². The van der Waals surface area contributed by atoms with Gasteiger partial charge in [-0.2, -0.15) is 0 Å². The molecule has 1 atom stereocenters. The molecule has 4 rings (SSSR count). The molecular formula is C29H34ClN5O6S2. The number of aromatic nitrogens is 2. The van der Waals surface area contributed by atoms with E-state index in [0.29, 0.717) is 55.2 Å². The fourth-order valence-corrected chi connectivity index (χ4v) is 6.24. The van der Waals surface area contributed by atoms with E-state index in [1.54, 1.807) is 24.3 Å². The summed E-state index contributed by atoms with van der Waals surface area (Å²) in [6.07, 6.45) is 7.24. The lowest BCUT2D eigenvalue weighted by Crippen LogP contribution is -2.37. The number of hydrogen-bond acceptors (Lipinski definition) is 9. The number of sulfone groups is 2. The lowest BCUT2D eigenvalue weighted by Gasteiger charge is -2.34. The van der Waals surface area contributed by atoms with Crippen molar-refractivity contribution in [2.45, 2.75) is 48.6 Å². The van der Waals surface area contributed by atoms with Crippen LogP contribution >= 0.6 is 11.6 Å². The van der Waals surface area contributed by atoms with Gasteiger partial charge in [0.1, 0.15) is 0 Å². The van der Waals surface area contributed by atoms with Gasteiger partial charge in [0, 0.05) is 55.0 Å². The van der Waals surface area contributed by atoms with Crippen LogP contribution in [0.25, 0.3) is 0 Å². The first kappa shape index (κ1) is 32.4. The molecule has 14 heteroatoms. The zero-order valence-corrected chi connectivity index (χ0v) is 26.5. The van der Waals surface area contributed by atoms with E-state index >= 15 is 0 Å². The van der Waals surface area contributed by atoms with Crippen LogP contribution < -0.4 is 15.5 Å². The quantitative estimate of drug-likeness (QED) is 0.331. The Morgan fingerprint density at radius 1 is 1.00 bits per heavy atom. The average Bonchev–Trinajstić information content (AvgIpc) is 2.95. The summed E-state index contributed by atoms with van der Waals surface area (Å²) in [5.41, 5.74) is 1.32. The second kappa shape index (κ2) is 13.4. The van der Waals surface area contributed by atoms with E-state index in [1.165, 1.54) is 30.6 Å². The van der Waals surface area contributed by atoms with E-state index in [4.69, 9.17) is 11.6 Å². The molecule has 2 amide bonds. The van der Waals surface area contributed by atoms with Crippen molar-refractivity contribution in [1.82, 2.24) is 15.3 Å². The molecule has 0 spiro atoms. The highest BCUT2D eigenvalue weighted by atomic mass is 35.5. The molecule has 11 nitrogen and oxygen atoms in total. The first-order valence-electron chi connectivity index (χ1n) is 13.7. The van der Waals surface area contributed by atoms with Gasteiger partial charge in [0.05, 0.1) is 16.6 Å². The molecule has 1 saturated heterocycles. The van der Waals surface area contributed by atoms with Crippen molar-refractivity contribution < 1.29 is 26.4 Å². The van der Waals surface area contributed by atoms with Crippen LogP contribution in [0.15, 0.2) is 64.8 Å². The number of anilines is 2. The Morgan fingerprint density at radius 2 is 1.72 bits per heavy atom. The van der Waals surface area contributed by atoms with E-state index in [1.807, 2.05) is 11.8 Å². The molecule has 0 bridgehead atoms. The van der Waals surface area contributed by atoms with Crippen molar-refractivity contribution in [3.8, 4) is 0 Å². The molecule has 230 valence electrons. The predicted molar refractivity (Wildman–Crippen MR) is 165 cm³/mol. The highest BCUT2D eigenvalue weighted by Crippen LogP contribution is 2.31. The maximum atomic E-state index is 13.0. The topological polar surface area (TPSA) is 156 Å². The molecule has 1 aliphatic heterocycles. The van der Waals surface area contributed by atoms with Gasteiger partial charge in [-0.05, 0) is 61.1 Å².